The smallest absolute Gasteiger partial charge is 0.356 e. The third-order valence-electron chi connectivity index (χ3n) is 1.81. The highest BCUT2D eigenvalue weighted by Crippen LogP contribution is 2.29. The van der Waals surface area contributed by atoms with E-state index in [0.29, 0.717) is 12.1 Å². The zero-order chi connectivity index (χ0) is 8.55. The largest absolute Gasteiger partial charge is 0.476 e. The van der Waals surface area contributed by atoms with Gasteiger partial charge in [0, 0.05) is 18.3 Å². The van der Waals surface area contributed by atoms with Crippen LogP contribution in [0.15, 0.2) is 33.4 Å². The van der Waals surface area contributed by atoms with Gasteiger partial charge in [0.05, 0.1) is 0 Å². The van der Waals surface area contributed by atoms with E-state index in [1.807, 2.05) is 0 Å². The number of allylic oxidation sites excluding steroid dienone is 1. The SMILES string of the molecule is Cl.O=C(O)C1=C2CCNC=C2N=N1. The Morgan fingerprint density at radius 2 is 2.31 bits per heavy atom. The minimum absolute atomic E-state index is 0. The molecule has 70 valence electrons. The van der Waals surface area contributed by atoms with Gasteiger partial charge in [-0.15, -0.1) is 22.6 Å². The lowest BCUT2D eigenvalue weighted by atomic mass is 10.1. The van der Waals surface area contributed by atoms with Gasteiger partial charge in [0.15, 0.2) is 5.70 Å². The molecule has 0 aliphatic carbocycles. The second-order valence-electron chi connectivity index (χ2n) is 2.57. The second kappa shape index (κ2) is 3.57. The molecule has 0 fully saturated rings. The zero-order valence-electron chi connectivity index (χ0n) is 6.65. The van der Waals surface area contributed by atoms with Crippen molar-refractivity contribution in [1.82, 2.24) is 5.32 Å². The monoisotopic (exact) mass is 201 g/mol. The van der Waals surface area contributed by atoms with Gasteiger partial charge in [-0.1, -0.05) is 0 Å². The lowest BCUT2D eigenvalue weighted by Crippen LogP contribution is -2.15. The maximum Gasteiger partial charge on any atom is 0.356 e. The molecule has 6 heteroatoms. The van der Waals surface area contributed by atoms with E-state index in [2.05, 4.69) is 15.5 Å². The Hall–Kier alpha value is -1.36. The standard InChI is InChI=1S/C7H7N3O2.ClH/c11-7(12)6-4-1-2-8-3-5(4)9-10-6;/h3,8H,1-2H2,(H,11,12);1H. The first-order chi connectivity index (χ1) is 5.79. The van der Waals surface area contributed by atoms with Crippen molar-refractivity contribution in [2.24, 2.45) is 10.2 Å². The van der Waals surface area contributed by atoms with E-state index in [-0.39, 0.29) is 18.1 Å². The molecule has 0 aromatic heterocycles. The Morgan fingerprint density at radius 3 is 3.00 bits per heavy atom. The topological polar surface area (TPSA) is 74.0 Å². The molecule has 0 aromatic carbocycles. The molecular formula is C7H8ClN3O2. The zero-order valence-corrected chi connectivity index (χ0v) is 7.47. The van der Waals surface area contributed by atoms with E-state index in [1.54, 1.807) is 6.20 Å². The fraction of sp³-hybridized carbons (Fsp3) is 0.286. The fourth-order valence-electron chi connectivity index (χ4n) is 1.25. The molecule has 2 rings (SSSR count). The highest BCUT2D eigenvalue weighted by atomic mass is 35.5. The van der Waals surface area contributed by atoms with Crippen molar-refractivity contribution in [2.45, 2.75) is 6.42 Å². The van der Waals surface area contributed by atoms with E-state index >= 15 is 0 Å². The maximum absolute atomic E-state index is 10.6. The molecule has 2 heterocycles. The van der Waals surface area contributed by atoms with Gasteiger partial charge in [-0.2, -0.15) is 0 Å². The molecule has 5 nitrogen and oxygen atoms in total. The van der Waals surface area contributed by atoms with Crippen LogP contribution in [-0.2, 0) is 4.79 Å². The molecule has 0 saturated heterocycles. The minimum atomic E-state index is -1.00. The van der Waals surface area contributed by atoms with Crippen LogP contribution < -0.4 is 5.32 Å². The predicted molar refractivity (Wildman–Crippen MR) is 47.5 cm³/mol. The number of azo groups is 1. The van der Waals surface area contributed by atoms with Crippen LogP contribution in [-0.4, -0.2) is 17.6 Å². The highest BCUT2D eigenvalue weighted by molar-refractivity contribution is 5.88. The summed E-state index contributed by atoms with van der Waals surface area (Å²) >= 11 is 0. The van der Waals surface area contributed by atoms with E-state index in [4.69, 9.17) is 5.11 Å². The van der Waals surface area contributed by atoms with Crippen LogP contribution >= 0.6 is 12.4 Å². The first-order valence-corrected chi connectivity index (χ1v) is 3.61. The number of halogens is 1. The molecule has 0 radical (unpaired) electrons. The summed E-state index contributed by atoms with van der Waals surface area (Å²) in [5.74, 6) is -1.00. The summed E-state index contributed by atoms with van der Waals surface area (Å²) in [7, 11) is 0. The van der Waals surface area contributed by atoms with E-state index in [9.17, 15) is 4.79 Å². The van der Waals surface area contributed by atoms with Gasteiger partial charge < -0.3 is 10.4 Å². The van der Waals surface area contributed by atoms with Crippen molar-refractivity contribution in [2.75, 3.05) is 6.54 Å². The van der Waals surface area contributed by atoms with Crippen LogP contribution in [0.25, 0.3) is 0 Å². The number of fused-ring (bicyclic) bond motifs is 1. The van der Waals surface area contributed by atoms with Gasteiger partial charge in [0.1, 0.15) is 5.70 Å². The Balaban J connectivity index is 0.000000845. The molecule has 0 unspecified atom stereocenters. The van der Waals surface area contributed by atoms with E-state index < -0.39 is 5.97 Å². The molecule has 0 amide bonds. The number of nitrogens with one attached hydrogen (secondary N) is 1. The molecular weight excluding hydrogens is 194 g/mol. The second-order valence-corrected chi connectivity index (χ2v) is 2.57. The van der Waals surface area contributed by atoms with Crippen molar-refractivity contribution in [1.29, 1.82) is 0 Å². The van der Waals surface area contributed by atoms with Crippen molar-refractivity contribution >= 4 is 18.4 Å². The average Bonchev–Trinajstić information content (AvgIpc) is 2.47. The van der Waals surface area contributed by atoms with Crippen molar-refractivity contribution in [3.8, 4) is 0 Å². The number of nitrogens with zero attached hydrogens (tertiary/aromatic N) is 2. The van der Waals surface area contributed by atoms with Gasteiger partial charge in [0.25, 0.3) is 0 Å². The quantitative estimate of drug-likeness (QED) is 0.666. The van der Waals surface area contributed by atoms with Gasteiger partial charge in [-0.3, -0.25) is 0 Å². The van der Waals surface area contributed by atoms with Crippen LogP contribution in [0.3, 0.4) is 0 Å². The minimum Gasteiger partial charge on any atom is -0.476 e. The normalized spacial score (nSPS) is 18.6. The molecule has 0 aromatic rings. The summed E-state index contributed by atoms with van der Waals surface area (Å²) < 4.78 is 0. The lowest BCUT2D eigenvalue weighted by Gasteiger charge is -2.10. The van der Waals surface area contributed by atoms with Gasteiger partial charge in [-0.25, -0.2) is 4.79 Å². The van der Waals surface area contributed by atoms with Crippen LogP contribution in [0.5, 0.6) is 0 Å². The molecule has 0 bridgehead atoms. The van der Waals surface area contributed by atoms with Gasteiger partial charge >= 0.3 is 5.97 Å². The summed E-state index contributed by atoms with van der Waals surface area (Å²) in [6.07, 6.45) is 2.37. The van der Waals surface area contributed by atoms with E-state index in [0.717, 1.165) is 12.1 Å². The summed E-state index contributed by atoms with van der Waals surface area (Å²) in [6, 6.07) is 0. The molecule has 13 heavy (non-hydrogen) atoms. The number of hydrogen-bond donors (Lipinski definition) is 2. The summed E-state index contributed by atoms with van der Waals surface area (Å²) in [5.41, 5.74) is 1.47. The van der Waals surface area contributed by atoms with E-state index in [1.165, 1.54) is 0 Å². The number of carboxylic acids is 1. The molecule has 0 atom stereocenters. The lowest BCUT2D eigenvalue weighted by molar-refractivity contribution is -0.132. The summed E-state index contributed by atoms with van der Waals surface area (Å²) in [4.78, 5) is 10.6. The van der Waals surface area contributed by atoms with Gasteiger partial charge in [-0.05, 0) is 6.42 Å². The summed E-state index contributed by atoms with van der Waals surface area (Å²) in [6.45, 7) is 0.751. The predicted octanol–water partition coefficient (Wildman–Crippen LogP) is 1.05. The Kier molecular flexibility index (Phi) is 2.67. The first kappa shape index (κ1) is 9.73. The molecule has 2 aliphatic heterocycles. The molecule has 2 aliphatic rings. The number of hydrogen-bond acceptors (Lipinski definition) is 4. The number of carboxylic acid groups (broad SMARTS) is 1. The average molecular weight is 202 g/mol. The van der Waals surface area contributed by atoms with Crippen LogP contribution in [0.2, 0.25) is 0 Å². The van der Waals surface area contributed by atoms with Crippen LogP contribution in [0.4, 0.5) is 0 Å². The Bertz CT molecular complexity index is 333. The molecule has 2 N–H and O–H groups in total. The number of carbonyl (C=O) groups is 1. The third kappa shape index (κ3) is 1.55. The number of aliphatic carboxylic acids is 1. The maximum atomic E-state index is 10.6. The summed E-state index contributed by atoms with van der Waals surface area (Å²) in [5, 5.41) is 19.0. The van der Waals surface area contributed by atoms with Gasteiger partial charge in [0.2, 0.25) is 0 Å². The van der Waals surface area contributed by atoms with Crippen molar-refractivity contribution in [3.05, 3.63) is 23.2 Å². The Morgan fingerprint density at radius 1 is 1.54 bits per heavy atom. The third-order valence-corrected chi connectivity index (χ3v) is 1.81. The molecule has 0 spiro atoms. The van der Waals surface area contributed by atoms with Crippen LogP contribution in [0, 0.1) is 0 Å². The van der Waals surface area contributed by atoms with Crippen molar-refractivity contribution in [3.63, 3.8) is 0 Å². The first-order valence-electron chi connectivity index (χ1n) is 3.61. The number of rotatable bonds is 1. The molecule has 0 saturated carbocycles. The fourth-order valence-corrected chi connectivity index (χ4v) is 1.25. The van der Waals surface area contributed by atoms with Crippen LogP contribution in [0.1, 0.15) is 6.42 Å². The Labute approximate surface area is 80.6 Å². The highest BCUT2D eigenvalue weighted by Gasteiger charge is 2.24. The van der Waals surface area contributed by atoms with Crippen molar-refractivity contribution < 1.29 is 9.90 Å².